The number of hydrogen-bond acceptors (Lipinski definition) is 6. The number of carbonyl (C=O) groups is 3. The second kappa shape index (κ2) is 49.5. The van der Waals surface area contributed by atoms with Crippen LogP contribution in [0.1, 0.15) is 239 Å². The molecule has 0 rings (SSSR count). The normalized spacial score (nSPS) is 12.6. The van der Waals surface area contributed by atoms with Crippen molar-refractivity contribution in [1.82, 2.24) is 0 Å². The minimum absolute atomic E-state index is 0.0912. The molecule has 6 nitrogen and oxygen atoms in total. The van der Waals surface area contributed by atoms with Crippen LogP contribution in [0.15, 0.2) is 72.9 Å². The Bertz CT molecular complexity index is 1160. The maximum absolute atomic E-state index is 12.8. The van der Waals surface area contributed by atoms with Crippen LogP contribution >= 0.6 is 0 Å². The van der Waals surface area contributed by atoms with Gasteiger partial charge < -0.3 is 14.2 Å². The lowest BCUT2D eigenvalue weighted by Gasteiger charge is -2.18. The smallest absolute Gasteiger partial charge is 0.306 e. The SMILES string of the molecule is CC/C=C\C/C=C\C/C=C\C/C=C\CCCCCCC(=O)OC[C@H](COC(=O)CCCCCCC/C=C\CCCCCC)OC(=O)CCCCCCC/C=C\CCCCCC. The zero-order chi connectivity index (χ0) is 44.4. The molecule has 0 aliphatic carbocycles. The number of ether oxygens (including phenoxy) is 3. The molecule has 0 aliphatic heterocycles. The molecule has 0 saturated heterocycles. The van der Waals surface area contributed by atoms with Crippen molar-refractivity contribution in [2.24, 2.45) is 0 Å². The molecule has 0 radical (unpaired) electrons. The molecular weight excluding hydrogens is 757 g/mol. The highest BCUT2D eigenvalue weighted by Gasteiger charge is 2.19. The first-order valence-corrected chi connectivity index (χ1v) is 25.4. The molecule has 0 unspecified atom stereocenters. The van der Waals surface area contributed by atoms with Gasteiger partial charge in [-0.05, 0) is 109 Å². The van der Waals surface area contributed by atoms with Crippen LogP contribution in [0, 0.1) is 0 Å². The maximum atomic E-state index is 12.8. The summed E-state index contributed by atoms with van der Waals surface area (Å²) >= 11 is 0. The Morgan fingerprint density at radius 1 is 0.344 bits per heavy atom. The van der Waals surface area contributed by atoms with E-state index in [1.54, 1.807) is 0 Å². The fourth-order valence-corrected chi connectivity index (χ4v) is 6.83. The third-order valence-corrected chi connectivity index (χ3v) is 10.7. The standard InChI is InChI=1S/C55H94O6/c1-4-7-10-13-16-19-22-25-26-27-28-31-33-36-39-42-45-48-54(57)60-51-52(61-55(58)49-46-43-40-37-34-30-24-21-18-15-12-9-6-3)50-59-53(56)47-44-41-38-35-32-29-23-20-17-14-11-8-5-2/h7,10,16,19-21,23-26,28,31,52H,4-6,8-9,11-15,17-18,22,27,29-30,32-51H2,1-3H3/b10-7-,19-16-,23-20-,24-21-,26-25-,31-28-/t52-/m0/s1. The van der Waals surface area contributed by atoms with E-state index in [9.17, 15) is 14.4 Å². The fraction of sp³-hybridized carbons (Fsp3) is 0.727. The average Bonchev–Trinajstić information content (AvgIpc) is 3.26. The summed E-state index contributed by atoms with van der Waals surface area (Å²) < 4.78 is 16.8. The summed E-state index contributed by atoms with van der Waals surface area (Å²) in [6.07, 6.45) is 61.6. The van der Waals surface area contributed by atoms with Gasteiger partial charge in [-0.1, -0.05) is 184 Å². The van der Waals surface area contributed by atoms with E-state index in [2.05, 4.69) is 93.7 Å². The fourth-order valence-electron chi connectivity index (χ4n) is 6.83. The van der Waals surface area contributed by atoms with E-state index in [0.717, 1.165) is 116 Å². The van der Waals surface area contributed by atoms with Crippen molar-refractivity contribution < 1.29 is 28.6 Å². The monoisotopic (exact) mass is 851 g/mol. The van der Waals surface area contributed by atoms with Crippen LogP contribution in [0.3, 0.4) is 0 Å². The highest BCUT2D eigenvalue weighted by molar-refractivity contribution is 5.71. The van der Waals surface area contributed by atoms with Crippen molar-refractivity contribution in [1.29, 1.82) is 0 Å². The van der Waals surface area contributed by atoms with Crippen LogP contribution in [-0.4, -0.2) is 37.2 Å². The van der Waals surface area contributed by atoms with Gasteiger partial charge in [0.2, 0.25) is 0 Å². The van der Waals surface area contributed by atoms with Gasteiger partial charge in [-0.25, -0.2) is 0 Å². The van der Waals surface area contributed by atoms with Gasteiger partial charge in [-0.15, -0.1) is 0 Å². The minimum atomic E-state index is -0.792. The topological polar surface area (TPSA) is 78.9 Å². The Morgan fingerprint density at radius 2 is 0.639 bits per heavy atom. The maximum Gasteiger partial charge on any atom is 0.306 e. The van der Waals surface area contributed by atoms with Crippen LogP contribution in [0.25, 0.3) is 0 Å². The lowest BCUT2D eigenvalue weighted by Crippen LogP contribution is -2.30. The second-order valence-electron chi connectivity index (χ2n) is 16.7. The van der Waals surface area contributed by atoms with Crippen LogP contribution in [0.4, 0.5) is 0 Å². The van der Waals surface area contributed by atoms with Gasteiger partial charge in [0.15, 0.2) is 6.10 Å². The summed E-state index contributed by atoms with van der Waals surface area (Å²) in [5.74, 6) is -0.933. The summed E-state index contributed by atoms with van der Waals surface area (Å²) in [5.41, 5.74) is 0. The molecule has 0 aromatic carbocycles. The third-order valence-electron chi connectivity index (χ3n) is 10.7. The highest BCUT2D eigenvalue weighted by Crippen LogP contribution is 2.13. The van der Waals surface area contributed by atoms with Gasteiger partial charge in [0.25, 0.3) is 0 Å². The Morgan fingerprint density at radius 3 is 1.02 bits per heavy atom. The van der Waals surface area contributed by atoms with Gasteiger partial charge in [0.1, 0.15) is 13.2 Å². The zero-order valence-corrected chi connectivity index (χ0v) is 39.9. The average molecular weight is 851 g/mol. The van der Waals surface area contributed by atoms with Gasteiger partial charge >= 0.3 is 17.9 Å². The molecule has 0 aromatic rings. The van der Waals surface area contributed by atoms with E-state index in [4.69, 9.17) is 14.2 Å². The number of esters is 3. The van der Waals surface area contributed by atoms with E-state index in [-0.39, 0.29) is 31.1 Å². The minimum Gasteiger partial charge on any atom is -0.462 e. The van der Waals surface area contributed by atoms with Crippen molar-refractivity contribution in [3.63, 3.8) is 0 Å². The van der Waals surface area contributed by atoms with Crippen molar-refractivity contribution in [2.45, 2.75) is 245 Å². The van der Waals surface area contributed by atoms with E-state index in [1.165, 1.54) is 83.5 Å². The van der Waals surface area contributed by atoms with Crippen molar-refractivity contribution in [2.75, 3.05) is 13.2 Å². The quantitative estimate of drug-likeness (QED) is 0.0263. The van der Waals surface area contributed by atoms with Crippen LogP contribution in [0.5, 0.6) is 0 Å². The van der Waals surface area contributed by atoms with Crippen LogP contribution in [-0.2, 0) is 28.6 Å². The Kier molecular flexibility index (Phi) is 46.9. The summed E-state index contributed by atoms with van der Waals surface area (Å²) in [5, 5.41) is 0. The molecule has 350 valence electrons. The first-order chi connectivity index (χ1) is 30.0. The molecular formula is C55H94O6. The van der Waals surface area contributed by atoms with E-state index in [0.29, 0.717) is 19.3 Å². The summed E-state index contributed by atoms with van der Waals surface area (Å²) in [7, 11) is 0. The lowest BCUT2D eigenvalue weighted by atomic mass is 10.1. The summed E-state index contributed by atoms with van der Waals surface area (Å²) in [6.45, 7) is 6.45. The van der Waals surface area contributed by atoms with Gasteiger partial charge in [0.05, 0.1) is 0 Å². The molecule has 0 spiro atoms. The lowest BCUT2D eigenvalue weighted by molar-refractivity contribution is -0.167. The van der Waals surface area contributed by atoms with E-state index < -0.39 is 6.10 Å². The van der Waals surface area contributed by atoms with Gasteiger partial charge in [-0.3, -0.25) is 14.4 Å². The van der Waals surface area contributed by atoms with Gasteiger partial charge in [0, 0.05) is 19.3 Å². The largest absolute Gasteiger partial charge is 0.462 e. The summed E-state index contributed by atoms with van der Waals surface area (Å²) in [4.78, 5) is 37.9. The van der Waals surface area contributed by atoms with Crippen LogP contribution in [0.2, 0.25) is 0 Å². The first kappa shape index (κ1) is 57.9. The Labute approximate surface area is 376 Å². The molecule has 0 amide bonds. The molecule has 6 heteroatoms. The Balaban J connectivity index is 4.44. The number of allylic oxidation sites excluding steroid dienone is 12. The van der Waals surface area contributed by atoms with Crippen molar-refractivity contribution >= 4 is 17.9 Å². The molecule has 0 bridgehead atoms. The van der Waals surface area contributed by atoms with E-state index in [1.807, 2.05) is 0 Å². The molecule has 0 fully saturated rings. The number of carbonyl (C=O) groups excluding carboxylic acids is 3. The first-order valence-electron chi connectivity index (χ1n) is 25.4. The van der Waals surface area contributed by atoms with Gasteiger partial charge in [-0.2, -0.15) is 0 Å². The van der Waals surface area contributed by atoms with Crippen molar-refractivity contribution in [3.8, 4) is 0 Å². The molecule has 0 aromatic heterocycles. The summed E-state index contributed by atoms with van der Waals surface area (Å²) in [6, 6.07) is 0. The molecule has 0 heterocycles. The third kappa shape index (κ3) is 47.7. The second-order valence-corrected chi connectivity index (χ2v) is 16.7. The molecule has 1 atom stereocenters. The number of unbranched alkanes of at least 4 members (excludes halogenated alkanes) is 22. The highest BCUT2D eigenvalue weighted by atomic mass is 16.6. The zero-order valence-electron chi connectivity index (χ0n) is 39.9. The molecule has 0 aliphatic rings. The Hall–Kier alpha value is -3.15. The number of rotatable bonds is 45. The molecule has 61 heavy (non-hydrogen) atoms. The van der Waals surface area contributed by atoms with Crippen LogP contribution < -0.4 is 0 Å². The predicted octanol–water partition coefficient (Wildman–Crippen LogP) is 16.6. The predicted molar refractivity (Wildman–Crippen MR) is 261 cm³/mol. The molecule has 0 saturated carbocycles. The molecule has 0 N–H and O–H groups in total. The van der Waals surface area contributed by atoms with Crippen molar-refractivity contribution in [3.05, 3.63) is 72.9 Å². The van der Waals surface area contributed by atoms with E-state index >= 15 is 0 Å². The number of hydrogen-bond donors (Lipinski definition) is 0.